The van der Waals surface area contributed by atoms with Gasteiger partial charge in [-0.2, -0.15) is 0 Å². The Labute approximate surface area is 171 Å². The number of aryl methyl sites for hydroxylation is 2. The Hall–Kier alpha value is -1.39. The van der Waals surface area contributed by atoms with Gasteiger partial charge in [0.15, 0.2) is 6.29 Å². The van der Waals surface area contributed by atoms with Crippen LogP contribution in [0.4, 0.5) is 14.6 Å². The van der Waals surface area contributed by atoms with Crippen LogP contribution < -0.4 is 11.1 Å². The standard InChI is InChI=1S/C20H34F2N4O3/c21-18(22)14-29-13-12-26(11-8-17(23)20(27)28)10-2-1-5-16-7-6-15-4-3-9-24-19(15)25-16/h6-7,17-18,20,27-28H,1-5,8-14,23H2,(H,24,25)/t17-/m0/s1. The number of hydrogen-bond donors (Lipinski definition) is 4. The van der Waals surface area contributed by atoms with Crippen molar-refractivity contribution in [2.45, 2.75) is 57.3 Å². The molecule has 29 heavy (non-hydrogen) atoms. The van der Waals surface area contributed by atoms with Crippen LogP contribution in [-0.2, 0) is 17.6 Å². The molecule has 0 aliphatic carbocycles. The molecule has 0 radical (unpaired) electrons. The van der Waals surface area contributed by atoms with E-state index in [2.05, 4.69) is 22.3 Å². The number of unbranched alkanes of at least 4 members (excludes halogenated alkanes) is 1. The fourth-order valence-electron chi connectivity index (χ4n) is 3.33. The van der Waals surface area contributed by atoms with Crippen LogP contribution in [0.2, 0.25) is 0 Å². The fraction of sp³-hybridized carbons (Fsp3) is 0.750. The van der Waals surface area contributed by atoms with Crippen LogP contribution in [0.25, 0.3) is 0 Å². The number of aliphatic hydroxyl groups excluding tert-OH is 1. The molecule has 2 heterocycles. The second-order valence-corrected chi connectivity index (χ2v) is 7.47. The van der Waals surface area contributed by atoms with Crippen molar-refractivity contribution in [1.29, 1.82) is 0 Å². The van der Waals surface area contributed by atoms with Crippen LogP contribution in [0.5, 0.6) is 0 Å². The minimum Gasteiger partial charge on any atom is -0.374 e. The van der Waals surface area contributed by atoms with E-state index in [-0.39, 0.29) is 6.61 Å². The fourth-order valence-corrected chi connectivity index (χ4v) is 3.33. The highest BCUT2D eigenvalue weighted by Crippen LogP contribution is 2.20. The van der Waals surface area contributed by atoms with Crippen LogP contribution in [0, 0.1) is 0 Å². The van der Waals surface area contributed by atoms with Gasteiger partial charge in [0.1, 0.15) is 12.4 Å². The van der Waals surface area contributed by atoms with Gasteiger partial charge in [-0.15, -0.1) is 0 Å². The summed E-state index contributed by atoms with van der Waals surface area (Å²) in [6.45, 7) is 2.42. The number of pyridine rings is 1. The quantitative estimate of drug-likeness (QED) is 0.268. The molecular weight excluding hydrogens is 382 g/mol. The number of aromatic nitrogens is 1. The summed E-state index contributed by atoms with van der Waals surface area (Å²) in [7, 11) is 0. The maximum Gasteiger partial charge on any atom is 0.261 e. The van der Waals surface area contributed by atoms with Crippen LogP contribution in [-0.4, -0.2) is 78.2 Å². The SMILES string of the molecule is N[C@@H](CCN(CCCCc1ccc2c(n1)NCCC2)CCOCC(F)F)C(O)O. The second kappa shape index (κ2) is 13.0. The number of halogens is 2. The maximum absolute atomic E-state index is 12.2. The minimum absolute atomic E-state index is 0.208. The third-order valence-electron chi connectivity index (χ3n) is 5.07. The minimum atomic E-state index is -2.47. The van der Waals surface area contributed by atoms with Crippen molar-refractivity contribution in [1.82, 2.24) is 9.88 Å². The number of nitrogens with one attached hydrogen (secondary N) is 1. The molecule has 0 saturated carbocycles. The second-order valence-electron chi connectivity index (χ2n) is 7.47. The highest BCUT2D eigenvalue weighted by atomic mass is 19.3. The van der Waals surface area contributed by atoms with Crippen molar-refractivity contribution >= 4 is 5.82 Å². The van der Waals surface area contributed by atoms with Gasteiger partial charge in [-0.05, 0) is 63.2 Å². The van der Waals surface area contributed by atoms with E-state index in [4.69, 9.17) is 25.7 Å². The summed E-state index contributed by atoms with van der Waals surface area (Å²) in [5.74, 6) is 1.00. The normalized spacial score (nSPS) is 15.0. The van der Waals surface area contributed by atoms with E-state index >= 15 is 0 Å². The lowest BCUT2D eigenvalue weighted by Gasteiger charge is -2.24. The van der Waals surface area contributed by atoms with Crippen molar-refractivity contribution in [3.8, 4) is 0 Å². The Bertz CT molecular complexity index is 593. The number of fused-ring (bicyclic) bond motifs is 1. The Morgan fingerprint density at radius 2 is 2.03 bits per heavy atom. The zero-order valence-electron chi connectivity index (χ0n) is 16.9. The summed E-state index contributed by atoms with van der Waals surface area (Å²) in [6, 6.07) is 3.51. The van der Waals surface area contributed by atoms with Crippen LogP contribution in [0.1, 0.15) is 36.9 Å². The van der Waals surface area contributed by atoms with E-state index in [0.29, 0.717) is 19.5 Å². The van der Waals surface area contributed by atoms with Crippen LogP contribution in [0.15, 0.2) is 12.1 Å². The van der Waals surface area contributed by atoms with Crippen molar-refractivity contribution in [2.75, 3.05) is 44.7 Å². The molecule has 9 heteroatoms. The Morgan fingerprint density at radius 1 is 1.21 bits per heavy atom. The monoisotopic (exact) mass is 416 g/mol. The summed E-state index contributed by atoms with van der Waals surface area (Å²) in [5.41, 5.74) is 8.02. The first-order chi connectivity index (χ1) is 14.0. The molecule has 1 atom stereocenters. The highest BCUT2D eigenvalue weighted by molar-refractivity contribution is 5.46. The van der Waals surface area contributed by atoms with Gasteiger partial charge in [0, 0.05) is 18.8 Å². The predicted octanol–water partition coefficient (Wildman–Crippen LogP) is 1.37. The van der Waals surface area contributed by atoms with E-state index < -0.39 is 25.4 Å². The zero-order valence-corrected chi connectivity index (χ0v) is 16.9. The summed E-state index contributed by atoms with van der Waals surface area (Å²) >= 11 is 0. The lowest BCUT2D eigenvalue weighted by Crippen LogP contribution is -2.39. The molecular formula is C20H34F2N4O3. The topological polar surface area (TPSA) is 104 Å². The number of alkyl halides is 2. The first-order valence-electron chi connectivity index (χ1n) is 10.4. The van der Waals surface area contributed by atoms with Crippen molar-refractivity contribution in [2.24, 2.45) is 5.73 Å². The van der Waals surface area contributed by atoms with Crippen molar-refractivity contribution < 1.29 is 23.7 Å². The number of anilines is 1. The molecule has 0 unspecified atom stereocenters. The molecule has 2 rings (SSSR count). The average molecular weight is 417 g/mol. The van der Waals surface area contributed by atoms with Gasteiger partial charge in [-0.1, -0.05) is 6.07 Å². The Balaban J connectivity index is 1.73. The number of nitrogens with two attached hydrogens (primary N) is 1. The smallest absolute Gasteiger partial charge is 0.261 e. The van der Waals surface area contributed by atoms with Crippen LogP contribution >= 0.6 is 0 Å². The number of rotatable bonds is 14. The van der Waals surface area contributed by atoms with E-state index in [9.17, 15) is 8.78 Å². The molecule has 0 aromatic carbocycles. The molecule has 1 aliphatic heterocycles. The summed E-state index contributed by atoms with van der Waals surface area (Å²) in [4.78, 5) is 6.76. The molecule has 0 saturated heterocycles. The average Bonchev–Trinajstić information content (AvgIpc) is 2.71. The van der Waals surface area contributed by atoms with Gasteiger partial charge >= 0.3 is 0 Å². The molecule has 1 aromatic heterocycles. The highest BCUT2D eigenvalue weighted by Gasteiger charge is 2.14. The molecule has 1 aromatic rings. The molecule has 1 aliphatic rings. The summed E-state index contributed by atoms with van der Waals surface area (Å²) in [6.07, 6.45) is 1.33. The van der Waals surface area contributed by atoms with Gasteiger partial charge in [0.25, 0.3) is 6.43 Å². The van der Waals surface area contributed by atoms with E-state index in [1.54, 1.807) is 0 Å². The van der Waals surface area contributed by atoms with E-state index in [0.717, 1.165) is 56.7 Å². The number of aliphatic hydroxyl groups is 2. The Kier molecular flexibility index (Phi) is 10.7. The van der Waals surface area contributed by atoms with Gasteiger partial charge < -0.3 is 30.9 Å². The third-order valence-corrected chi connectivity index (χ3v) is 5.07. The first kappa shape index (κ1) is 23.9. The summed E-state index contributed by atoms with van der Waals surface area (Å²) in [5, 5.41) is 21.6. The zero-order chi connectivity index (χ0) is 21.1. The first-order valence-corrected chi connectivity index (χ1v) is 10.4. The van der Waals surface area contributed by atoms with Gasteiger partial charge in [-0.25, -0.2) is 13.8 Å². The largest absolute Gasteiger partial charge is 0.374 e. The van der Waals surface area contributed by atoms with Gasteiger partial charge in [0.05, 0.1) is 12.6 Å². The molecule has 5 N–H and O–H groups in total. The molecule has 166 valence electrons. The van der Waals surface area contributed by atoms with E-state index in [1.165, 1.54) is 5.56 Å². The number of hydrogen-bond acceptors (Lipinski definition) is 7. The molecule has 0 bridgehead atoms. The van der Waals surface area contributed by atoms with Crippen LogP contribution in [0.3, 0.4) is 0 Å². The van der Waals surface area contributed by atoms with Crippen molar-refractivity contribution in [3.05, 3.63) is 23.4 Å². The number of nitrogens with zero attached hydrogens (tertiary/aromatic N) is 2. The predicted molar refractivity (Wildman–Crippen MR) is 108 cm³/mol. The summed E-state index contributed by atoms with van der Waals surface area (Å²) < 4.78 is 29.4. The van der Waals surface area contributed by atoms with Crippen molar-refractivity contribution in [3.63, 3.8) is 0 Å². The molecule has 0 spiro atoms. The van der Waals surface area contributed by atoms with E-state index in [1.807, 2.05) is 0 Å². The number of ether oxygens (including phenoxy) is 1. The van der Waals surface area contributed by atoms with Gasteiger partial charge in [0.2, 0.25) is 0 Å². The third kappa shape index (κ3) is 9.31. The Morgan fingerprint density at radius 3 is 2.79 bits per heavy atom. The molecule has 0 amide bonds. The molecule has 7 nitrogen and oxygen atoms in total. The maximum atomic E-state index is 12.2. The lowest BCUT2D eigenvalue weighted by molar-refractivity contribution is -0.0613. The lowest BCUT2D eigenvalue weighted by atomic mass is 10.1. The molecule has 0 fully saturated rings. The van der Waals surface area contributed by atoms with Gasteiger partial charge in [-0.3, -0.25) is 0 Å².